The van der Waals surface area contributed by atoms with E-state index in [1.54, 1.807) is 17.3 Å². The fourth-order valence-corrected chi connectivity index (χ4v) is 0.848. The van der Waals surface area contributed by atoms with E-state index in [1.165, 1.54) is 12.7 Å². The molecule has 2 heterocycles. The summed E-state index contributed by atoms with van der Waals surface area (Å²) in [6, 6.07) is 0. The Labute approximate surface area is 68.7 Å². The molecule has 0 atom stereocenters. The molecular formula is C6H7N6+. The molecule has 1 aromatic heterocycles. The van der Waals surface area contributed by atoms with E-state index < -0.39 is 0 Å². The highest BCUT2D eigenvalue weighted by molar-refractivity contribution is 5.73. The molecule has 0 fully saturated rings. The van der Waals surface area contributed by atoms with Gasteiger partial charge < -0.3 is 0 Å². The Morgan fingerprint density at radius 1 is 1.33 bits per heavy atom. The molecule has 0 saturated heterocycles. The second-order valence-electron chi connectivity index (χ2n) is 2.16. The zero-order valence-corrected chi connectivity index (χ0v) is 6.25. The molecule has 0 radical (unpaired) electrons. The minimum Gasteiger partial charge on any atom is -0.287 e. The summed E-state index contributed by atoms with van der Waals surface area (Å²) in [4.78, 5) is 15.6. The average molecular weight is 163 g/mol. The van der Waals surface area contributed by atoms with E-state index in [0.29, 0.717) is 12.6 Å². The van der Waals surface area contributed by atoms with Gasteiger partial charge in [0.1, 0.15) is 6.34 Å². The third-order valence-corrected chi connectivity index (χ3v) is 1.37. The van der Waals surface area contributed by atoms with Crippen LogP contribution in [-0.4, -0.2) is 38.9 Å². The standard InChI is InChI=1S/C6H6N6/c1-8-4-12(5-9-1)6-10-2-7-3-11-6/h1-4H,5H2/p+1. The fraction of sp³-hybridized carbons (Fsp3) is 0.167. The van der Waals surface area contributed by atoms with E-state index in [9.17, 15) is 0 Å². The summed E-state index contributed by atoms with van der Waals surface area (Å²) in [6.07, 6.45) is 6.28. The summed E-state index contributed by atoms with van der Waals surface area (Å²) in [6.45, 7) is 0.539. The molecule has 1 aliphatic rings. The SMILES string of the molecule is C1=NC[N+](c2ncncn2)=CN1. The van der Waals surface area contributed by atoms with Gasteiger partial charge in [-0.3, -0.25) is 5.32 Å². The van der Waals surface area contributed by atoms with Crippen molar-refractivity contribution in [1.82, 2.24) is 20.3 Å². The molecule has 60 valence electrons. The number of nitrogens with one attached hydrogen (secondary N) is 1. The molecule has 12 heavy (non-hydrogen) atoms. The molecule has 0 saturated carbocycles. The molecule has 0 aliphatic carbocycles. The van der Waals surface area contributed by atoms with Crippen LogP contribution < -0.4 is 5.32 Å². The largest absolute Gasteiger partial charge is 0.388 e. The van der Waals surface area contributed by atoms with Gasteiger partial charge in [-0.2, -0.15) is 4.98 Å². The van der Waals surface area contributed by atoms with Gasteiger partial charge in [0.25, 0.3) is 0 Å². The Balaban J connectivity index is 2.26. The van der Waals surface area contributed by atoms with Gasteiger partial charge in [-0.05, 0) is 0 Å². The quantitative estimate of drug-likeness (QED) is 0.547. The highest BCUT2D eigenvalue weighted by Gasteiger charge is 2.08. The lowest BCUT2D eigenvalue weighted by Gasteiger charge is -2.03. The van der Waals surface area contributed by atoms with Crippen LogP contribution in [0.15, 0.2) is 17.6 Å². The van der Waals surface area contributed by atoms with Crippen LogP contribution in [0.3, 0.4) is 0 Å². The van der Waals surface area contributed by atoms with Gasteiger partial charge in [-0.25, -0.2) is 9.57 Å². The molecule has 1 aromatic rings. The van der Waals surface area contributed by atoms with Gasteiger partial charge in [0, 0.05) is 0 Å². The van der Waals surface area contributed by atoms with E-state index in [2.05, 4.69) is 25.3 Å². The van der Waals surface area contributed by atoms with Crippen LogP contribution in [0.2, 0.25) is 0 Å². The molecule has 0 aromatic carbocycles. The van der Waals surface area contributed by atoms with Gasteiger partial charge in [-0.1, -0.05) is 9.97 Å². The molecule has 1 N–H and O–H groups in total. The van der Waals surface area contributed by atoms with Crippen LogP contribution in [0.5, 0.6) is 0 Å². The van der Waals surface area contributed by atoms with Crippen molar-refractivity contribution in [3.8, 4) is 0 Å². The zero-order valence-electron chi connectivity index (χ0n) is 6.25. The van der Waals surface area contributed by atoms with Gasteiger partial charge in [0.2, 0.25) is 0 Å². The Bertz CT molecular complexity index is 316. The molecule has 2 rings (SSSR count). The zero-order chi connectivity index (χ0) is 8.23. The van der Waals surface area contributed by atoms with E-state index in [0.717, 1.165) is 0 Å². The normalized spacial score (nSPS) is 15.2. The van der Waals surface area contributed by atoms with Crippen molar-refractivity contribution in [2.45, 2.75) is 0 Å². The number of aromatic nitrogens is 3. The van der Waals surface area contributed by atoms with Gasteiger partial charge >= 0.3 is 5.95 Å². The number of hydrogen-bond acceptors (Lipinski definition) is 5. The summed E-state index contributed by atoms with van der Waals surface area (Å²) in [5.41, 5.74) is 0. The van der Waals surface area contributed by atoms with E-state index in [-0.39, 0.29) is 0 Å². The van der Waals surface area contributed by atoms with Crippen molar-refractivity contribution in [2.24, 2.45) is 4.99 Å². The number of aliphatic imine (C=N–C) groups is 1. The summed E-state index contributed by atoms with van der Waals surface area (Å²) < 4.78 is 1.78. The van der Waals surface area contributed by atoms with Crippen LogP contribution >= 0.6 is 0 Å². The first-order chi connectivity index (χ1) is 5.97. The molecular weight excluding hydrogens is 156 g/mol. The third kappa shape index (κ3) is 1.26. The Kier molecular flexibility index (Phi) is 1.73. The average Bonchev–Trinajstić information content (AvgIpc) is 2.21. The lowest BCUT2D eigenvalue weighted by Crippen LogP contribution is -2.25. The number of rotatable bonds is 1. The van der Waals surface area contributed by atoms with Gasteiger partial charge in [-0.15, -0.1) is 0 Å². The minimum absolute atomic E-state index is 0.539. The minimum atomic E-state index is 0.539. The van der Waals surface area contributed by atoms with Crippen LogP contribution in [0.25, 0.3) is 0 Å². The summed E-state index contributed by atoms with van der Waals surface area (Å²) in [5.74, 6) is 0.592. The van der Waals surface area contributed by atoms with Gasteiger partial charge in [0.05, 0.1) is 0 Å². The first-order valence-corrected chi connectivity index (χ1v) is 3.43. The van der Waals surface area contributed by atoms with Gasteiger partial charge in [0.15, 0.2) is 25.7 Å². The second-order valence-corrected chi connectivity index (χ2v) is 2.16. The highest BCUT2D eigenvalue weighted by atomic mass is 15.3. The maximum Gasteiger partial charge on any atom is 0.388 e. The summed E-state index contributed by atoms with van der Waals surface area (Å²) in [7, 11) is 0. The van der Waals surface area contributed by atoms with E-state index in [1.807, 2.05) is 0 Å². The predicted octanol–water partition coefficient (Wildman–Crippen LogP) is -0.867. The lowest BCUT2D eigenvalue weighted by atomic mass is 10.7. The Morgan fingerprint density at radius 2 is 2.17 bits per heavy atom. The van der Waals surface area contributed by atoms with Crippen LogP contribution in [0.4, 0.5) is 5.95 Å². The molecule has 1 aliphatic heterocycles. The topological polar surface area (TPSA) is 66.1 Å². The molecule has 6 heteroatoms. The first-order valence-electron chi connectivity index (χ1n) is 3.43. The second kappa shape index (κ2) is 3.04. The third-order valence-electron chi connectivity index (χ3n) is 1.37. The van der Waals surface area contributed by atoms with Crippen molar-refractivity contribution in [3.63, 3.8) is 0 Å². The lowest BCUT2D eigenvalue weighted by molar-refractivity contribution is -0.445. The molecule has 0 unspecified atom stereocenters. The predicted molar refractivity (Wildman–Crippen MR) is 42.3 cm³/mol. The molecule has 0 bridgehead atoms. The maximum absolute atomic E-state index is 3.99. The van der Waals surface area contributed by atoms with E-state index in [4.69, 9.17) is 0 Å². The van der Waals surface area contributed by atoms with E-state index >= 15 is 0 Å². The summed E-state index contributed by atoms with van der Waals surface area (Å²) in [5, 5.41) is 2.84. The van der Waals surface area contributed by atoms with Crippen molar-refractivity contribution in [3.05, 3.63) is 12.7 Å². The maximum atomic E-state index is 3.99. The molecule has 0 amide bonds. The first kappa shape index (κ1) is 6.84. The Morgan fingerprint density at radius 3 is 2.83 bits per heavy atom. The van der Waals surface area contributed by atoms with Crippen LogP contribution in [-0.2, 0) is 0 Å². The van der Waals surface area contributed by atoms with Crippen molar-refractivity contribution >= 4 is 18.6 Å². The van der Waals surface area contributed by atoms with Crippen molar-refractivity contribution in [1.29, 1.82) is 0 Å². The monoisotopic (exact) mass is 163 g/mol. The Hall–Kier alpha value is -1.85. The summed E-state index contributed by atoms with van der Waals surface area (Å²) >= 11 is 0. The fourth-order valence-electron chi connectivity index (χ4n) is 0.848. The van der Waals surface area contributed by atoms with Crippen molar-refractivity contribution < 1.29 is 4.58 Å². The number of hydrogen-bond donors (Lipinski definition) is 1. The van der Waals surface area contributed by atoms with Crippen LogP contribution in [0.1, 0.15) is 0 Å². The highest BCUT2D eigenvalue weighted by Crippen LogP contribution is 1.98. The molecule has 6 nitrogen and oxygen atoms in total. The van der Waals surface area contributed by atoms with Crippen molar-refractivity contribution in [2.75, 3.05) is 6.67 Å². The van der Waals surface area contributed by atoms with Crippen LogP contribution in [0, 0.1) is 0 Å². The number of nitrogens with zero attached hydrogens (tertiary/aromatic N) is 5. The smallest absolute Gasteiger partial charge is 0.287 e. The molecule has 0 spiro atoms.